The Balaban J connectivity index is 2.45. The van der Waals surface area contributed by atoms with Crippen molar-refractivity contribution in [3.05, 3.63) is 29.8 Å². The molecule has 1 rings (SSSR count). The molecule has 0 saturated heterocycles. The van der Waals surface area contributed by atoms with Crippen molar-refractivity contribution in [2.45, 2.75) is 32.7 Å². The molecule has 0 saturated carbocycles. The molecule has 0 aliphatic carbocycles. The Morgan fingerprint density at radius 2 is 1.80 bits per heavy atom. The van der Waals surface area contributed by atoms with E-state index in [1.54, 1.807) is 12.1 Å². The summed E-state index contributed by atoms with van der Waals surface area (Å²) in [5.74, 6) is 1.000. The quantitative estimate of drug-likeness (QED) is 0.777. The van der Waals surface area contributed by atoms with Crippen LogP contribution in [0, 0.1) is 5.92 Å². The number of phenolic OH excluding ortho intramolecular Hbond substituents is 1. The zero-order valence-electron chi connectivity index (χ0n) is 9.83. The van der Waals surface area contributed by atoms with Crippen molar-refractivity contribution in [1.82, 2.24) is 5.32 Å². The first-order valence-corrected chi connectivity index (χ1v) is 5.58. The van der Waals surface area contributed by atoms with Crippen LogP contribution < -0.4 is 5.32 Å². The maximum absolute atomic E-state index is 9.16. The first-order chi connectivity index (χ1) is 7.13. The van der Waals surface area contributed by atoms with Crippen molar-refractivity contribution in [3.8, 4) is 5.75 Å². The van der Waals surface area contributed by atoms with Crippen LogP contribution in [0.2, 0.25) is 0 Å². The zero-order valence-corrected chi connectivity index (χ0v) is 9.83. The summed E-state index contributed by atoms with van der Waals surface area (Å²) >= 11 is 0. The first-order valence-electron chi connectivity index (χ1n) is 5.58. The van der Waals surface area contributed by atoms with Gasteiger partial charge in [0.1, 0.15) is 5.75 Å². The van der Waals surface area contributed by atoms with Gasteiger partial charge in [0, 0.05) is 6.04 Å². The Bertz CT molecular complexity index is 279. The molecule has 84 valence electrons. The maximum atomic E-state index is 9.16. The highest BCUT2D eigenvalue weighted by atomic mass is 16.3. The molecule has 1 aromatic rings. The average Bonchev–Trinajstić information content (AvgIpc) is 2.21. The predicted molar refractivity (Wildman–Crippen MR) is 64.1 cm³/mol. The van der Waals surface area contributed by atoms with E-state index in [4.69, 9.17) is 5.11 Å². The highest BCUT2D eigenvalue weighted by molar-refractivity contribution is 5.25. The molecule has 0 bridgehead atoms. The lowest BCUT2D eigenvalue weighted by atomic mass is 9.97. The summed E-state index contributed by atoms with van der Waals surface area (Å²) in [5.41, 5.74) is 1.29. The van der Waals surface area contributed by atoms with Gasteiger partial charge < -0.3 is 10.4 Å². The Morgan fingerprint density at radius 3 is 2.27 bits per heavy atom. The third kappa shape index (κ3) is 3.92. The van der Waals surface area contributed by atoms with Gasteiger partial charge in [0.15, 0.2) is 0 Å². The van der Waals surface area contributed by atoms with Gasteiger partial charge in [-0.3, -0.25) is 0 Å². The highest BCUT2D eigenvalue weighted by Crippen LogP contribution is 2.14. The summed E-state index contributed by atoms with van der Waals surface area (Å²) in [7, 11) is 2.02. The largest absolute Gasteiger partial charge is 0.508 e. The number of aromatic hydroxyl groups is 1. The second-order valence-corrected chi connectivity index (χ2v) is 4.34. The first kappa shape index (κ1) is 12.1. The number of rotatable bonds is 5. The summed E-state index contributed by atoms with van der Waals surface area (Å²) in [6, 6.07) is 8.04. The molecule has 0 aliphatic rings. The number of hydrogen-bond donors (Lipinski definition) is 2. The summed E-state index contributed by atoms with van der Waals surface area (Å²) in [4.78, 5) is 0. The van der Waals surface area contributed by atoms with E-state index in [0.29, 0.717) is 17.7 Å². The average molecular weight is 207 g/mol. The molecule has 0 fully saturated rings. The molecular weight excluding hydrogens is 186 g/mol. The van der Waals surface area contributed by atoms with Gasteiger partial charge in [0.25, 0.3) is 0 Å². The maximum Gasteiger partial charge on any atom is 0.115 e. The minimum absolute atomic E-state index is 0.341. The van der Waals surface area contributed by atoms with Gasteiger partial charge in [-0.2, -0.15) is 0 Å². The molecule has 0 radical (unpaired) electrons. The van der Waals surface area contributed by atoms with E-state index in [9.17, 15) is 0 Å². The minimum atomic E-state index is 0.341. The number of phenols is 1. The van der Waals surface area contributed by atoms with Crippen LogP contribution in [-0.4, -0.2) is 18.2 Å². The van der Waals surface area contributed by atoms with Crippen molar-refractivity contribution >= 4 is 0 Å². The standard InChI is InChI=1S/C13H21NO/c1-10(2)13(14-3)9-6-11-4-7-12(15)8-5-11/h4-5,7-8,10,13-15H,6,9H2,1-3H3. The van der Waals surface area contributed by atoms with Crippen LogP contribution in [0.1, 0.15) is 25.8 Å². The van der Waals surface area contributed by atoms with E-state index in [1.165, 1.54) is 5.56 Å². The van der Waals surface area contributed by atoms with Crippen LogP contribution in [0.25, 0.3) is 0 Å². The molecule has 1 atom stereocenters. The molecule has 1 unspecified atom stereocenters. The van der Waals surface area contributed by atoms with Crippen LogP contribution >= 0.6 is 0 Å². The normalized spacial score (nSPS) is 13.1. The van der Waals surface area contributed by atoms with E-state index in [-0.39, 0.29) is 0 Å². The Labute approximate surface area is 92.3 Å². The summed E-state index contributed by atoms with van der Waals surface area (Å²) < 4.78 is 0. The second kappa shape index (κ2) is 5.76. The van der Waals surface area contributed by atoms with E-state index in [2.05, 4.69) is 19.2 Å². The molecule has 0 aliphatic heterocycles. The summed E-state index contributed by atoms with van der Waals surface area (Å²) in [6.07, 6.45) is 2.20. The van der Waals surface area contributed by atoms with Crippen LogP contribution in [0.15, 0.2) is 24.3 Å². The van der Waals surface area contributed by atoms with Gasteiger partial charge in [-0.05, 0) is 43.5 Å². The molecule has 0 heterocycles. The number of benzene rings is 1. The lowest BCUT2D eigenvalue weighted by molar-refractivity contribution is 0.403. The van der Waals surface area contributed by atoms with Gasteiger partial charge in [0.2, 0.25) is 0 Å². The smallest absolute Gasteiger partial charge is 0.115 e. The third-order valence-electron chi connectivity index (χ3n) is 2.86. The van der Waals surface area contributed by atoms with Crippen LogP contribution in [0.3, 0.4) is 0 Å². The number of nitrogens with one attached hydrogen (secondary N) is 1. The van der Waals surface area contributed by atoms with E-state index >= 15 is 0 Å². The van der Waals surface area contributed by atoms with E-state index < -0.39 is 0 Å². The third-order valence-corrected chi connectivity index (χ3v) is 2.86. The zero-order chi connectivity index (χ0) is 11.3. The molecule has 0 amide bonds. The molecule has 0 spiro atoms. The Morgan fingerprint density at radius 1 is 1.20 bits per heavy atom. The van der Waals surface area contributed by atoms with E-state index in [0.717, 1.165) is 12.8 Å². The van der Waals surface area contributed by atoms with Gasteiger partial charge in [0.05, 0.1) is 0 Å². The number of hydrogen-bond acceptors (Lipinski definition) is 2. The molecule has 1 aromatic carbocycles. The fourth-order valence-corrected chi connectivity index (χ4v) is 1.80. The lowest BCUT2D eigenvalue weighted by Crippen LogP contribution is -2.30. The fraction of sp³-hybridized carbons (Fsp3) is 0.538. The summed E-state index contributed by atoms with van der Waals surface area (Å²) in [6.45, 7) is 4.47. The SMILES string of the molecule is CNC(CCc1ccc(O)cc1)C(C)C. The molecule has 15 heavy (non-hydrogen) atoms. The molecular formula is C13H21NO. The highest BCUT2D eigenvalue weighted by Gasteiger charge is 2.10. The van der Waals surface area contributed by atoms with E-state index in [1.807, 2.05) is 19.2 Å². The Kier molecular flexibility index (Phi) is 4.63. The van der Waals surface area contributed by atoms with Crippen molar-refractivity contribution in [2.75, 3.05) is 7.05 Å². The topological polar surface area (TPSA) is 32.3 Å². The monoisotopic (exact) mass is 207 g/mol. The van der Waals surface area contributed by atoms with Gasteiger partial charge in [-0.15, -0.1) is 0 Å². The second-order valence-electron chi connectivity index (χ2n) is 4.34. The molecule has 2 nitrogen and oxygen atoms in total. The molecule has 2 N–H and O–H groups in total. The Hall–Kier alpha value is -1.02. The fourth-order valence-electron chi connectivity index (χ4n) is 1.80. The predicted octanol–water partition coefficient (Wildman–Crippen LogP) is 2.57. The van der Waals surface area contributed by atoms with Gasteiger partial charge >= 0.3 is 0 Å². The van der Waals surface area contributed by atoms with Crippen LogP contribution in [0.4, 0.5) is 0 Å². The lowest BCUT2D eigenvalue weighted by Gasteiger charge is -2.19. The minimum Gasteiger partial charge on any atom is -0.508 e. The van der Waals surface area contributed by atoms with Crippen molar-refractivity contribution in [1.29, 1.82) is 0 Å². The van der Waals surface area contributed by atoms with Crippen LogP contribution in [-0.2, 0) is 6.42 Å². The van der Waals surface area contributed by atoms with Gasteiger partial charge in [-0.1, -0.05) is 26.0 Å². The van der Waals surface area contributed by atoms with Crippen molar-refractivity contribution < 1.29 is 5.11 Å². The van der Waals surface area contributed by atoms with Gasteiger partial charge in [-0.25, -0.2) is 0 Å². The van der Waals surface area contributed by atoms with Crippen molar-refractivity contribution in [2.24, 2.45) is 5.92 Å². The summed E-state index contributed by atoms with van der Waals surface area (Å²) in [5, 5.41) is 12.5. The van der Waals surface area contributed by atoms with Crippen molar-refractivity contribution in [3.63, 3.8) is 0 Å². The van der Waals surface area contributed by atoms with Crippen LogP contribution in [0.5, 0.6) is 5.75 Å². The molecule has 0 aromatic heterocycles. The molecule has 2 heteroatoms. The number of aryl methyl sites for hydroxylation is 1.